The van der Waals surface area contributed by atoms with Gasteiger partial charge >= 0.3 is 7.82 Å². The highest BCUT2D eigenvalue weighted by Gasteiger charge is 2.28. The number of hydrogen-bond acceptors (Lipinski definition) is 5. The molecule has 0 heterocycles. The van der Waals surface area contributed by atoms with Crippen molar-refractivity contribution in [2.45, 2.75) is 347 Å². The van der Waals surface area contributed by atoms with Gasteiger partial charge in [-0.3, -0.25) is 13.8 Å². The number of allylic oxidation sites excluding steroid dienone is 11. The van der Waals surface area contributed by atoms with E-state index in [0.29, 0.717) is 17.4 Å². The molecule has 9 heteroatoms. The molecule has 0 aromatic rings. The molecule has 3 N–H and O–H groups in total. The summed E-state index contributed by atoms with van der Waals surface area (Å²) in [4.78, 5) is 23.4. The second kappa shape index (κ2) is 63.4. The SMILES string of the molecule is CC/C=C\C/C=C\C/C=C\C/C=C\CCCCCCCCCCCCCCCCCCC(=O)NC(COP(=O)(O)OCC[N+](C)(C)C)C(O)/C=C/CC/C=C/CCCCCCCCCCCCCCCCCCCCCCCCCCC. The number of nitrogens with zero attached hydrogens (tertiary/aromatic N) is 1. The van der Waals surface area contributed by atoms with Crippen LogP contribution in [0.5, 0.6) is 0 Å². The lowest BCUT2D eigenvalue weighted by atomic mass is 10.0. The summed E-state index contributed by atoms with van der Waals surface area (Å²) in [7, 11) is 1.56. The molecule has 0 aliphatic heterocycles. The summed E-state index contributed by atoms with van der Waals surface area (Å²) >= 11 is 0. The fraction of sp³-hybridized carbons (Fsp3) is 0.822. The predicted octanol–water partition coefficient (Wildman–Crippen LogP) is 22.6. The van der Waals surface area contributed by atoms with E-state index < -0.39 is 20.0 Å². The number of phosphoric ester groups is 1. The van der Waals surface area contributed by atoms with E-state index in [-0.39, 0.29) is 19.1 Å². The van der Waals surface area contributed by atoms with Crippen molar-refractivity contribution in [1.82, 2.24) is 5.32 Å². The predicted molar refractivity (Wildman–Crippen MR) is 360 cm³/mol. The summed E-state index contributed by atoms with van der Waals surface area (Å²) in [6.45, 7) is 4.73. The van der Waals surface area contributed by atoms with Crippen molar-refractivity contribution in [2.75, 3.05) is 40.9 Å². The molecular formula is C73H138N2O6P+. The smallest absolute Gasteiger partial charge is 0.387 e. The van der Waals surface area contributed by atoms with Crippen LogP contribution < -0.4 is 5.32 Å². The van der Waals surface area contributed by atoms with Crippen LogP contribution in [0.3, 0.4) is 0 Å². The summed E-state index contributed by atoms with van der Waals surface area (Å²) in [5.74, 6) is -0.184. The fourth-order valence-corrected chi connectivity index (χ4v) is 11.2. The number of rotatable bonds is 65. The van der Waals surface area contributed by atoms with Gasteiger partial charge in [0.15, 0.2) is 0 Å². The average molecular weight is 1170 g/mol. The molecule has 0 radical (unpaired) electrons. The van der Waals surface area contributed by atoms with Crippen LogP contribution in [0.15, 0.2) is 72.9 Å². The van der Waals surface area contributed by atoms with E-state index >= 15 is 0 Å². The molecule has 0 aliphatic rings. The van der Waals surface area contributed by atoms with E-state index in [0.717, 1.165) is 64.2 Å². The third-order valence-corrected chi connectivity index (χ3v) is 16.9. The maximum absolute atomic E-state index is 13.1. The first-order valence-electron chi connectivity index (χ1n) is 35.3. The number of hydrogen-bond donors (Lipinski definition) is 3. The topological polar surface area (TPSA) is 105 Å². The van der Waals surface area contributed by atoms with Crippen molar-refractivity contribution in [2.24, 2.45) is 0 Å². The Kier molecular flexibility index (Phi) is 61.8. The summed E-state index contributed by atoms with van der Waals surface area (Å²) in [5.41, 5.74) is 0. The van der Waals surface area contributed by atoms with Crippen LogP contribution in [0.4, 0.5) is 0 Å². The van der Waals surface area contributed by atoms with Crippen LogP contribution in [-0.4, -0.2) is 73.4 Å². The van der Waals surface area contributed by atoms with Crippen LogP contribution in [-0.2, 0) is 18.4 Å². The summed E-state index contributed by atoms with van der Waals surface area (Å²) in [6.07, 6.45) is 89.2. The van der Waals surface area contributed by atoms with Gasteiger partial charge < -0.3 is 19.8 Å². The van der Waals surface area contributed by atoms with Gasteiger partial charge in [-0.15, -0.1) is 0 Å². The van der Waals surface area contributed by atoms with Crippen LogP contribution in [0.2, 0.25) is 0 Å². The van der Waals surface area contributed by atoms with Crippen LogP contribution in [0.1, 0.15) is 335 Å². The van der Waals surface area contributed by atoms with E-state index in [9.17, 15) is 19.4 Å². The van der Waals surface area contributed by atoms with Crippen molar-refractivity contribution in [3.63, 3.8) is 0 Å². The second-order valence-corrected chi connectivity index (χ2v) is 26.7. The largest absolute Gasteiger partial charge is 0.472 e. The van der Waals surface area contributed by atoms with Crippen molar-refractivity contribution < 1.29 is 32.9 Å². The molecule has 1 amide bonds. The number of quaternary nitrogens is 1. The molecule has 8 nitrogen and oxygen atoms in total. The number of carbonyl (C=O) groups excluding carboxylic acids is 1. The highest BCUT2D eigenvalue weighted by Crippen LogP contribution is 2.43. The lowest BCUT2D eigenvalue weighted by molar-refractivity contribution is -0.870. The Balaban J connectivity index is 4.09. The fourth-order valence-electron chi connectivity index (χ4n) is 10.5. The standard InChI is InChI=1S/C73H137N2O6P/c1-6-8-10-12-14-16-18-20-22-24-26-28-30-32-34-36-37-39-40-42-44-46-48-50-52-54-56-58-60-62-64-66-72(76)71(70-81-82(78,79)80-69-68-75(3,4)5)74-73(77)67-65-63-61-59-57-55-53-51-49-47-45-43-41-38-35-33-31-29-27-25-23-21-19-17-15-13-11-9-7-2/h9,11,15,17,21,23,27,29,56,58,64,66,71-72,76H,6-8,10,12-14,16,18-20,22,24-26,28,30-55,57,59-63,65,67-70H2,1-5H3,(H-,74,77,78,79)/p+1/b11-9-,17-15-,23-21-,29-27-,58-56+,66-64+. The summed E-state index contributed by atoms with van der Waals surface area (Å²) in [6, 6.07) is -0.868. The first-order valence-corrected chi connectivity index (χ1v) is 36.8. The summed E-state index contributed by atoms with van der Waals surface area (Å²) in [5, 5.41) is 14.0. The van der Waals surface area contributed by atoms with Crippen molar-refractivity contribution in [1.29, 1.82) is 0 Å². The Morgan fingerprint density at radius 3 is 1.12 bits per heavy atom. The monoisotopic (exact) mass is 1170 g/mol. The molecule has 0 aromatic heterocycles. The Bertz CT molecular complexity index is 1570. The number of unbranched alkanes of at least 4 members (excludes halogenated alkanes) is 42. The molecule has 0 aromatic carbocycles. The zero-order chi connectivity index (χ0) is 59.8. The molecule has 0 rings (SSSR count). The zero-order valence-electron chi connectivity index (χ0n) is 55.0. The van der Waals surface area contributed by atoms with Crippen LogP contribution in [0.25, 0.3) is 0 Å². The van der Waals surface area contributed by atoms with Gasteiger partial charge in [-0.05, 0) is 70.6 Å². The van der Waals surface area contributed by atoms with Gasteiger partial charge in [0.25, 0.3) is 0 Å². The van der Waals surface area contributed by atoms with Gasteiger partial charge in [0.1, 0.15) is 13.2 Å². The van der Waals surface area contributed by atoms with E-state index in [1.165, 1.54) is 250 Å². The first-order chi connectivity index (χ1) is 40.0. The normalized spacial score (nSPS) is 14.1. The lowest BCUT2D eigenvalue weighted by Gasteiger charge is -2.25. The molecule has 82 heavy (non-hydrogen) atoms. The Morgan fingerprint density at radius 2 is 0.744 bits per heavy atom. The Morgan fingerprint density at radius 1 is 0.427 bits per heavy atom. The molecule has 0 aliphatic carbocycles. The van der Waals surface area contributed by atoms with E-state index in [2.05, 4.69) is 79.9 Å². The maximum atomic E-state index is 13.1. The van der Waals surface area contributed by atoms with Crippen molar-refractivity contribution in [3.05, 3.63) is 72.9 Å². The molecule has 0 bridgehead atoms. The lowest BCUT2D eigenvalue weighted by Crippen LogP contribution is -2.45. The number of carbonyl (C=O) groups is 1. The number of phosphoric acid groups is 1. The molecule has 0 fully saturated rings. The minimum absolute atomic E-state index is 0.0551. The number of aliphatic hydroxyl groups is 1. The Hall–Kier alpha value is -2.06. The van der Waals surface area contributed by atoms with Gasteiger partial charge in [0.2, 0.25) is 5.91 Å². The number of amides is 1. The maximum Gasteiger partial charge on any atom is 0.472 e. The van der Waals surface area contributed by atoms with Crippen LogP contribution >= 0.6 is 7.82 Å². The molecule has 0 spiro atoms. The number of likely N-dealkylation sites (N-methyl/N-ethyl adjacent to an activating group) is 1. The molecule has 3 unspecified atom stereocenters. The van der Waals surface area contributed by atoms with Gasteiger partial charge in [-0.25, -0.2) is 4.57 Å². The highest BCUT2D eigenvalue weighted by atomic mass is 31.2. The zero-order valence-corrected chi connectivity index (χ0v) is 55.9. The molecule has 480 valence electrons. The van der Waals surface area contributed by atoms with E-state index in [4.69, 9.17) is 9.05 Å². The van der Waals surface area contributed by atoms with Gasteiger partial charge in [0, 0.05) is 6.42 Å². The minimum atomic E-state index is -4.36. The number of nitrogens with one attached hydrogen (secondary N) is 1. The van der Waals surface area contributed by atoms with Crippen molar-refractivity contribution in [3.8, 4) is 0 Å². The van der Waals surface area contributed by atoms with Crippen molar-refractivity contribution >= 4 is 13.7 Å². The Labute approximate surface area is 510 Å². The summed E-state index contributed by atoms with van der Waals surface area (Å²) < 4.78 is 23.8. The van der Waals surface area contributed by atoms with Gasteiger partial charge in [0.05, 0.1) is 39.9 Å². The van der Waals surface area contributed by atoms with E-state index in [1.807, 2.05) is 27.2 Å². The number of aliphatic hydroxyl groups excluding tert-OH is 1. The highest BCUT2D eigenvalue weighted by molar-refractivity contribution is 7.47. The first kappa shape index (κ1) is 79.9. The molecular weight excluding hydrogens is 1030 g/mol. The van der Waals surface area contributed by atoms with Crippen LogP contribution in [0, 0.1) is 0 Å². The second-order valence-electron chi connectivity index (χ2n) is 25.2. The third-order valence-electron chi connectivity index (χ3n) is 15.9. The molecule has 0 saturated carbocycles. The average Bonchev–Trinajstić information content (AvgIpc) is 3.47. The van der Waals surface area contributed by atoms with Gasteiger partial charge in [-0.1, -0.05) is 331 Å². The molecule has 3 atom stereocenters. The third kappa shape index (κ3) is 65.5. The quantitative estimate of drug-likeness (QED) is 0.0243. The minimum Gasteiger partial charge on any atom is -0.387 e. The van der Waals surface area contributed by atoms with E-state index in [1.54, 1.807) is 6.08 Å². The van der Waals surface area contributed by atoms with Gasteiger partial charge in [-0.2, -0.15) is 0 Å². The molecule has 0 saturated heterocycles.